The van der Waals surface area contributed by atoms with Crippen molar-refractivity contribution in [3.8, 4) is 11.9 Å². The molecule has 98 valence electrons. The Balaban J connectivity index is 2.18. The molecule has 0 N–H and O–H groups in total. The van der Waals surface area contributed by atoms with Gasteiger partial charge in [-0.15, -0.1) is 0 Å². The van der Waals surface area contributed by atoms with E-state index in [9.17, 15) is 4.79 Å². The number of aryl methyl sites for hydroxylation is 1. The lowest BCUT2D eigenvalue weighted by Crippen LogP contribution is -2.10. The summed E-state index contributed by atoms with van der Waals surface area (Å²) in [5.74, 6) is -0.374. The van der Waals surface area contributed by atoms with Crippen LogP contribution in [0.15, 0.2) is 30.3 Å². The molecule has 2 rings (SSSR count). The van der Waals surface area contributed by atoms with Gasteiger partial charge in [0.1, 0.15) is 0 Å². The van der Waals surface area contributed by atoms with E-state index < -0.39 is 5.97 Å². The molecule has 0 fully saturated rings. The van der Waals surface area contributed by atoms with E-state index >= 15 is 0 Å². The van der Waals surface area contributed by atoms with Gasteiger partial charge in [0.15, 0.2) is 0 Å². The van der Waals surface area contributed by atoms with Crippen molar-refractivity contribution in [2.45, 2.75) is 6.92 Å². The Bertz CT molecular complexity index is 599. The number of aromatic nitrogens is 2. The van der Waals surface area contributed by atoms with Gasteiger partial charge in [-0.2, -0.15) is 4.98 Å². The van der Waals surface area contributed by atoms with Crippen molar-refractivity contribution in [3.05, 3.63) is 46.6 Å². The second-order valence-corrected chi connectivity index (χ2v) is 4.17. The summed E-state index contributed by atoms with van der Waals surface area (Å²) in [5, 5.41) is 0.552. The van der Waals surface area contributed by atoms with Gasteiger partial charge in [0.25, 0.3) is 0 Å². The van der Waals surface area contributed by atoms with E-state index in [0.29, 0.717) is 16.3 Å². The van der Waals surface area contributed by atoms with E-state index in [-0.39, 0.29) is 11.9 Å². The fraction of sp³-hybridized carbons (Fsp3) is 0.154. The fourth-order valence-electron chi connectivity index (χ4n) is 1.40. The van der Waals surface area contributed by atoms with Crippen LogP contribution >= 0.6 is 11.6 Å². The molecule has 0 atom stereocenters. The summed E-state index contributed by atoms with van der Waals surface area (Å²) in [5.41, 5.74) is 1.03. The molecular formula is C13H11ClN2O3. The lowest BCUT2D eigenvalue weighted by atomic mass is 10.2. The molecule has 2 aromatic rings. The zero-order chi connectivity index (χ0) is 13.8. The molecule has 1 aromatic carbocycles. The van der Waals surface area contributed by atoms with E-state index in [0.717, 1.165) is 0 Å². The molecule has 0 bridgehead atoms. The second-order valence-electron chi connectivity index (χ2n) is 3.73. The molecule has 0 saturated carbocycles. The zero-order valence-electron chi connectivity index (χ0n) is 10.4. The van der Waals surface area contributed by atoms with E-state index in [1.54, 1.807) is 37.3 Å². The molecule has 0 radical (unpaired) electrons. The van der Waals surface area contributed by atoms with Gasteiger partial charge in [0.05, 0.1) is 12.7 Å². The summed E-state index contributed by atoms with van der Waals surface area (Å²) in [4.78, 5) is 19.8. The minimum Gasteiger partial charge on any atom is -0.467 e. The average Bonchev–Trinajstić information content (AvgIpc) is 2.38. The highest BCUT2D eigenvalue weighted by Crippen LogP contribution is 2.16. The molecule has 19 heavy (non-hydrogen) atoms. The molecule has 0 aliphatic heterocycles. The Morgan fingerprint density at radius 2 is 1.89 bits per heavy atom. The Hall–Kier alpha value is -2.14. The molecule has 0 amide bonds. The lowest BCUT2D eigenvalue weighted by Gasteiger charge is -2.05. The highest BCUT2D eigenvalue weighted by atomic mass is 35.5. The number of ether oxygens (including phenoxy) is 2. The number of hydrogen-bond donors (Lipinski definition) is 0. The van der Waals surface area contributed by atoms with E-state index in [2.05, 4.69) is 9.97 Å². The summed E-state index contributed by atoms with van der Waals surface area (Å²) in [6, 6.07) is 8.09. The molecule has 0 spiro atoms. The largest absolute Gasteiger partial charge is 0.467 e. The van der Waals surface area contributed by atoms with Crippen LogP contribution in [0.5, 0.6) is 11.9 Å². The number of nitrogens with zero attached hydrogens (tertiary/aromatic N) is 2. The predicted molar refractivity (Wildman–Crippen MR) is 69.7 cm³/mol. The van der Waals surface area contributed by atoms with Crippen LogP contribution in [-0.4, -0.2) is 23.0 Å². The minimum atomic E-state index is -0.517. The molecule has 0 saturated heterocycles. The number of rotatable bonds is 3. The monoisotopic (exact) mass is 278 g/mol. The second kappa shape index (κ2) is 5.67. The number of benzene rings is 1. The fourth-order valence-corrected chi connectivity index (χ4v) is 1.52. The van der Waals surface area contributed by atoms with Crippen LogP contribution in [-0.2, 0) is 0 Å². The van der Waals surface area contributed by atoms with Gasteiger partial charge in [-0.1, -0.05) is 11.6 Å². The molecular weight excluding hydrogens is 268 g/mol. The van der Waals surface area contributed by atoms with Crippen molar-refractivity contribution in [2.75, 3.05) is 7.11 Å². The third kappa shape index (κ3) is 3.42. The van der Waals surface area contributed by atoms with E-state index in [1.807, 2.05) is 0 Å². The topological polar surface area (TPSA) is 61.3 Å². The molecule has 5 nitrogen and oxygen atoms in total. The summed E-state index contributed by atoms with van der Waals surface area (Å²) < 4.78 is 10.1. The van der Waals surface area contributed by atoms with Gasteiger partial charge in [-0.3, -0.25) is 0 Å². The standard InChI is InChI=1S/C13H11ClN2O3/c1-8-7-11(16-13(15-8)18-2)19-12(17)9-3-5-10(14)6-4-9/h3-7H,1-2H3. The van der Waals surface area contributed by atoms with Gasteiger partial charge in [0.2, 0.25) is 5.88 Å². The highest BCUT2D eigenvalue weighted by Gasteiger charge is 2.11. The maximum Gasteiger partial charge on any atom is 0.344 e. The van der Waals surface area contributed by atoms with Crippen LogP contribution in [0.1, 0.15) is 16.1 Å². The van der Waals surface area contributed by atoms with E-state index in [1.165, 1.54) is 7.11 Å². The molecule has 0 aliphatic carbocycles. The molecule has 0 aliphatic rings. The first kappa shape index (κ1) is 13.3. The van der Waals surface area contributed by atoms with Crippen molar-refractivity contribution >= 4 is 17.6 Å². The number of methoxy groups -OCH3 is 1. The first-order chi connectivity index (χ1) is 9.08. The summed E-state index contributed by atoms with van der Waals surface area (Å²) in [7, 11) is 1.44. The SMILES string of the molecule is COc1nc(C)cc(OC(=O)c2ccc(Cl)cc2)n1. The van der Waals surface area contributed by atoms with Crippen LogP contribution < -0.4 is 9.47 Å². The van der Waals surface area contributed by atoms with Crippen molar-refractivity contribution in [3.63, 3.8) is 0 Å². The molecule has 0 unspecified atom stereocenters. The normalized spacial score (nSPS) is 10.1. The van der Waals surface area contributed by atoms with Crippen LogP contribution in [0.3, 0.4) is 0 Å². The number of halogens is 1. The summed E-state index contributed by atoms with van der Waals surface area (Å²) in [6.07, 6.45) is 0. The minimum absolute atomic E-state index is 0.143. The molecule has 1 heterocycles. The van der Waals surface area contributed by atoms with Crippen molar-refractivity contribution in [1.82, 2.24) is 9.97 Å². The van der Waals surface area contributed by atoms with E-state index in [4.69, 9.17) is 21.1 Å². The maximum atomic E-state index is 11.9. The zero-order valence-corrected chi connectivity index (χ0v) is 11.1. The maximum absolute atomic E-state index is 11.9. The van der Waals surface area contributed by atoms with Gasteiger partial charge in [-0.05, 0) is 31.2 Å². The van der Waals surface area contributed by atoms with Crippen molar-refractivity contribution in [2.24, 2.45) is 0 Å². The van der Waals surface area contributed by atoms with Crippen LogP contribution in [0.2, 0.25) is 5.02 Å². The van der Waals surface area contributed by atoms with Crippen LogP contribution in [0.25, 0.3) is 0 Å². The Kier molecular flexibility index (Phi) is 3.97. The highest BCUT2D eigenvalue weighted by molar-refractivity contribution is 6.30. The first-order valence-corrected chi connectivity index (χ1v) is 5.83. The lowest BCUT2D eigenvalue weighted by molar-refractivity contribution is 0.0726. The van der Waals surface area contributed by atoms with Crippen molar-refractivity contribution < 1.29 is 14.3 Å². The molecule has 6 heteroatoms. The Labute approximate surface area is 115 Å². The number of carbonyl (C=O) groups is 1. The first-order valence-electron chi connectivity index (χ1n) is 5.46. The van der Waals surface area contributed by atoms with Crippen molar-refractivity contribution in [1.29, 1.82) is 0 Å². The van der Waals surface area contributed by atoms with Gasteiger partial charge in [0, 0.05) is 16.8 Å². The number of esters is 1. The third-order valence-corrected chi connectivity index (χ3v) is 2.52. The van der Waals surface area contributed by atoms with Crippen LogP contribution in [0.4, 0.5) is 0 Å². The van der Waals surface area contributed by atoms with Gasteiger partial charge < -0.3 is 9.47 Å². The summed E-state index contributed by atoms with van der Waals surface area (Å²) >= 11 is 5.75. The number of carbonyl (C=O) groups excluding carboxylic acids is 1. The van der Waals surface area contributed by atoms with Gasteiger partial charge in [-0.25, -0.2) is 9.78 Å². The Morgan fingerprint density at radius 1 is 1.21 bits per heavy atom. The number of hydrogen-bond acceptors (Lipinski definition) is 5. The quantitative estimate of drug-likeness (QED) is 0.808. The van der Waals surface area contributed by atoms with Crippen LogP contribution in [0, 0.1) is 6.92 Å². The average molecular weight is 279 g/mol. The third-order valence-electron chi connectivity index (χ3n) is 2.27. The molecule has 1 aromatic heterocycles. The Morgan fingerprint density at radius 3 is 2.53 bits per heavy atom. The predicted octanol–water partition coefficient (Wildman–Crippen LogP) is 2.67. The van der Waals surface area contributed by atoms with Gasteiger partial charge >= 0.3 is 12.0 Å². The summed E-state index contributed by atoms with van der Waals surface area (Å²) in [6.45, 7) is 1.75. The smallest absolute Gasteiger partial charge is 0.344 e.